The molecule has 0 unspecified atom stereocenters. The lowest BCUT2D eigenvalue weighted by atomic mass is 10.1. The molecule has 40 heavy (non-hydrogen) atoms. The Bertz CT molecular complexity index is 1300. The number of nitrogens with zero attached hydrogens (tertiary/aromatic N) is 2. The Hall–Kier alpha value is -2.20. The lowest BCUT2D eigenvalue weighted by Crippen LogP contribution is -2.51. The minimum atomic E-state index is -3.66. The monoisotopic (exact) mass is 631 g/mol. The summed E-state index contributed by atoms with van der Waals surface area (Å²) in [6.45, 7) is 2.03. The molecule has 0 aliphatic heterocycles. The molecule has 1 atom stereocenters. The molecule has 0 saturated heterocycles. The summed E-state index contributed by atoms with van der Waals surface area (Å²) >= 11 is 18.7. The number of carbonyl (C=O) groups is 2. The van der Waals surface area contributed by atoms with E-state index in [1.165, 1.54) is 22.4 Å². The number of anilines is 1. The summed E-state index contributed by atoms with van der Waals surface area (Å²) in [5.74, 6) is -0.0499. The summed E-state index contributed by atoms with van der Waals surface area (Å²) in [4.78, 5) is 28.5. The van der Waals surface area contributed by atoms with Crippen LogP contribution in [0.5, 0.6) is 5.75 Å². The van der Waals surface area contributed by atoms with Crippen molar-refractivity contribution in [2.75, 3.05) is 24.2 Å². The second-order valence-corrected chi connectivity index (χ2v) is 13.1. The number of sulfonamides is 1. The lowest BCUT2D eigenvalue weighted by Gasteiger charge is -2.32. The Labute approximate surface area is 251 Å². The average Bonchev–Trinajstić information content (AvgIpc) is 3.39. The van der Waals surface area contributed by atoms with Gasteiger partial charge in [-0.3, -0.25) is 13.9 Å². The molecule has 220 valence electrons. The van der Waals surface area contributed by atoms with E-state index in [2.05, 4.69) is 5.32 Å². The standard InChI is InChI=1S/C28H36Cl3N3O5S/c1-4-25(28(36)32-21-8-5-6-9-21)33(18-19-11-12-20(29)16-23(19)30)27(35)10-7-15-34(40(3,37)38)22-13-14-26(39-2)24(31)17-22/h11-14,16-17,21,25H,4-10,15,18H2,1-3H3,(H,32,36)/t25-/m1/s1. The highest BCUT2D eigenvalue weighted by Crippen LogP contribution is 2.31. The highest BCUT2D eigenvalue weighted by atomic mass is 35.5. The van der Waals surface area contributed by atoms with Crippen LogP contribution in [0.15, 0.2) is 36.4 Å². The van der Waals surface area contributed by atoms with Gasteiger partial charge in [0.25, 0.3) is 0 Å². The normalized spacial score (nSPS) is 14.6. The largest absolute Gasteiger partial charge is 0.495 e. The summed E-state index contributed by atoms with van der Waals surface area (Å²) in [7, 11) is -2.19. The molecule has 2 aromatic rings. The molecule has 1 aliphatic carbocycles. The number of methoxy groups -OCH3 is 1. The SMILES string of the molecule is CC[C@H](C(=O)NC1CCCC1)N(Cc1ccc(Cl)cc1Cl)C(=O)CCCN(c1ccc(OC)c(Cl)c1)S(C)(=O)=O. The van der Waals surface area contributed by atoms with Crippen molar-refractivity contribution in [1.29, 1.82) is 0 Å². The molecule has 1 N–H and O–H groups in total. The first-order valence-electron chi connectivity index (χ1n) is 13.3. The molecule has 0 spiro atoms. The Kier molecular flexibility index (Phi) is 11.8. The van der Waals surface area contributed by atoms with Crippen molar-refractivity contribution in [2.45, 2.75) is 70.5 Å². The number of hydrogen-bond acceptors (Lipinski definition) is 5. The van der Waals surface area contributed by atoms with Crippen LogP contribution in [-0.2, 0) is 26.2 Å². The summed E-state index contributed by atoms with van der Waals surface area (Å²) in [5.41, 5.74) is 1.03. The maximum absolute atomic E-state index is 13.6. The number of amides is 2. The van der Waals surface area contributed by atoms with E-state index in [4.69, 9.17) is 39.5 Å². The molecule has 0 radical (unpaired) electrons. The quantitative estimate of drug-likeness (QED) is 0.289. The molecule has 8 nitrogen and oxygen atoms in total. The molecule has 3 rings (SSSR count). The van der Waals surface area contributed by atoms with Gasteiger partial charge in [-0.1, -0.05) is 60.6 Å². The van der Waals surface area contributed by atoms with Gasteiger partial charge < -0.3 is 15.0 Å². The van der Waals surface area contributed by atoms with Crippen LogP contribution in [0.3, 0.4) is 0 Å². The third-order valence-electron chi connectivity index (χ3n) is 7.02. The maximum atomic E-state index is 13.6. The number of rotatable bonds is 13. The number of ether oxygens (including phenoxy) is 1. The van der Waals surface area contributed by atoms with Gasteiger partial charge in [0.2, 0.25) is 21.8 Å². The van der Waals surface area contributed by atoms with E-state index < -0.39 is 16.1 Å². The van der Waals surface area contributed by atoms with Crippen molar-refractivity contribution < 1.29 is 22.7 Å². The topological polar surface area (TPSA) is 96.0 Å². The van der Waals surface area contributed by atoms with Crippen molar-refractivity contribution in [2.24, 2.45) is 0 Å². The fraction of sp³-hybridized carbons (Fsp3) is 0.500. The van der Waals surface area contributed by atoms with Crippen molar-refractivity contribution in [3.63, 3.8) is 0 Å². The average molecular weight is 633 g/mol. The molecule has 0 bridgehead atoms. The van der Waals surface area contributed by atoms with Crippen molar-refractivity contribution in [1.82, 2.24) is 10.2 Å². The number of benzene rings is 2. The van der Waals surface area contributed by atoms with Crippen LogP contribution >= 0.6 is 34.8 Å². The molecule has 1 aliphatic rings. The summed E-state index contributed by atoms with van der Waals surface area (Å²) in [6.07, 6.45) is 5.75. The molecular formula is C28H36Cl3N3O5S. The Balaban J connectivity index is 1.79. The molecule has 12 heteroatoms. The van der Waals surface area contributed by atoms with E-state index in [0.29, 0.717) is 33.5 Å². The van der Waals surface area contributed by atoms with Crippen molar-refractivity contribution >= 4 is 62.3 Å². The van der Waals surface area contributed by atoms with E-state index in [0.717, 1.165) is 31.9 Å². The minimum absolute atomic E-state index is 0.0221. The van der Waals surface area contributed by atoms with Gasteiger partial charge in [0.1, 0.15) is 11.8 Å². The Morgan fingerprint density at radius 2 is 1.77 bits per heavy atom. The summed E-state index contributed by atoms with van der Waals surface area (Å²) in [6, 6.07) is 9.14. The zero-order valence-corrected chi connectivity index (χ0v) is 26.0. The van der Waals surface area contributed by atoms with Crippen LogP contribution in [0.1, 0.15) is 57.4 Å². The second-order valence-electron chi connectivity index (χ2n) is 9.93. The fourth-order valence-corrected chi connectivity index (χ4v) is 6.61. The molecule has 1 fully saturated rings. The Morgan fingerprint density at radius 3 is 2.35 bits per heavy atom. The third-order valence-corrected chi connectivity index (χ3v) is 9.10. The van der Waals surface area contributed by atoms with Crippen LogP contribution in [0, 0.1) is 0 Å². The molecule has 2 aromatic carbocycles. The summed E-state index contributed by atoms with van der Waals surface area (Å²) < 4.78 is 31.6. The van der Waals surface area contributed by atoms with E-state index in [1.54, 1.807) is 30.3 Å². The third kappa shape index (κ3) is 8.65. The lowest BCUT2D eigenvalue weighted by molar-refractivity contribution is -0.141. The molecule has 2 amide bonds. The van der Waals surface area contributed by atoms with E-state index in [1.807, 2.05) is 6.92 Å². The number of halogens is 3. The fourth-order valence-electron chi connectivity index (χ4n) is 4.93. The van der Waals surface area contributed by atoms with Gasteiger partial charge in [0.15, 0.2) is 0 Å². The highest BCUT2D eigenvalue weighted by molar-refractivity contribution is 7.92. The van der Waals surface area contributed by atoms with Gasteiger partial charge in [-0.05, 0) is 61.6 Å². The molecule has 0 heterocycles. The zero-order chi connectivity index (χ0) is 29.4. The first-order chi connectivity index (χ1) is 18.9. The van der Waals surface area contributed by atoms with E-state index >= 15 is 0 Å². The minimum Gasteiger partial charge on any atom is -0.495 e. The molecule has 0 aromatic heterocycles. The number of hydrogen-bond donors (Lipinski definition) is 1. The van der Waals surface area contributed by atoms with Crippen molar-refractivity contribution in [3.05, 3.63) is 57.0 Å². The van der Waals surface area contributed by atoms with E-state index in [-0.39, 0.29) is 48.8 Å². The van der Waals surface area contributed by atoms with Gasteiger partial charge >= 0.3 is 0 Å². The first-order valence-corrected chi connectivity index (χ1v) is 16.3. The van der Waals surface area contributed by atoms with Gasteiger partial charge in [0.05, 0.1) is 24.1 Å². The second kappa shape index (κ2) is 14.6. The Morgan fingerprint density at radius 1 is 1.07 bits per heavy atom. The van der Waals surface area contributed by atoms with Gasteiger partial charge in [0, 0.05) is 35.6 Å². The highest BCUT2D eigenvalue weighted by Gasteiger charge is 2.31. The van der Waals surface area contributed by atoms with Crippen LogP contribution < -0.4 is 14.4 Å². The summed E-state index contributed by atoms with van der Waals surface area (Å²) in [5, 5.41) is 4.25. The van der Waals surface area contributed by atoms with Crippen LogP contribution in [0.2, 0.25) is 15.1 Å². The molecule has 1 saturated carbocycles. The van der Waals surface area contributed by atoms with Crippen LogP contribution in [0.25, 0.3) is 0 Å². The number of carbonyl (C=O) groups excluding carboxylic acids is 2. The zero-order valence-electron chi connectivity index (χ0n) is 23.0. The smallest absolute Gasteiger partial charge is 0.243 e. The number of nitrogens with one attached hydrogen (secondary N) is 1. The van der Waals surface area contributed by atoms with E-state index in [9.17, 15) is 18.0 Å². The van der Waals surface area contributed by atoms with Crippen LogP contribution in [-0.4, -0.2) is 57.1 Å². The van der Waals surface area contributed by atoms with Crippen LogP contribution in [0.4, 0.5) is 5.69 Å². The maximum Gasteiger partial charge on any atom is 0.243 e. The van der Waals surface area contributed by atoms with Gasteiger partial charge in [-0.2, -0.15) is 0 Å². The predicted molar refractivity (Wildman–Crippen MR) is 161 cm³/mol. The predicted octanol–water partition coefficient (Wildman–Crippen LogP) is 6.07. The molecular weight excluding hydrogens is 597 g/mol. The van der Waals surface area contributed by atoms with Gasteiger partial charge in [-0.25, -0.2) is 8.42 Å². The van der Waals surface area contributed by atoms with Gasteiger partial charge in [-0.15, -0.1) is 0 Å². The van der Waals surface area contributed by atoms with Crippen molar-refractivity contribution in [3.8, 4) is 5.75 Å². The first kappa shape index (κ1) is 32.3.